The highest BCUT2D eigenvalue weighted by Crippen LogP contribution is 2.31. The highest BCUT2D eigenvalue weighted by molar-refractivity contribution is 7.96. The topological polar surface area (TPSA) is 57.5 Å². The van der Waals surface area contributed by atoms with Crippen molar-refractivity contribution in [3.63, 3.8) is 0 Å². The Balaban J connectivity index is 0.000000319. The van der Waals surface area contributed by atoms with E-state index in [0.717, 1.165) is 11.3 Å². The lowest BCUT2D eigenvalue weighted by molar-refractivity contribution is 0.103. The van der Waals surface area contributed by atoms with Crippen molar-refractivity contribution in [3.8, 4) is 0 Å². The van der Waals surface area contributed by atoms with Gasteiger partial charge in [0.1, 0.15) is 69.9 Å². The molecule has 0 radical (unpaired) electrons. The van der Waals surface area contributed by atoms with Gasteiger partial charge in [-0.1, -0.05) is 54.6 Å². The predicted octanol–water partition coefficient (Wildman–Crippen LogP) is 7.87. The van der Waals surface area contributed by atoms with Crippen LogP contribution in [0, 0.1) is 116 Å². The van der Waals surface area contributed by atoms with Gasteiger partial charge in [0.2, 0.25) is 0 Å². The molecule has 356 valence electrons. The van der Waals surface area contributed by atoms with Gasteiger partial charge >= 0.3 is 0 Å². The van der Waals surface area contributed by atoms with Crippen LogP contribution in [0.1, 0.15) is 21.5 Å². The lowest BCUT2D eigenvalue weighted by Gasteiger charge is -2.44. The molecular weight excluding hydrogens is 975 g/mol. The van der Waals surface area contributed by atoms with Crippen molar-refractivity contribution in [2.75, 3.05) is 24.7 Å². The van der Waals surface area contributed by atoms with E-state index in [1.54, 1.807) is 0 Å². The Morgan fingerprint density at radius 1 is 0.373 bits per heavy atom. The first-order valence-electron chi connectivity index (χ1n) is 18.2. The second-order valence-electron chi connectivity index (χ2n) is 13.8. The van der Waals surface area contributed by atoms with Crippen LogP contribution < -0.4 is 21.9 Å². The van der Waals surface area contributed by atoms with Crippen LogP contribution in [-0.4, -0.2) is 46.9 Å². The van der Waals surface area contributed by atoms with Crippen molar-refractivity contribution >= 4 is 44.7 Å². The fourth-order valence-corrected chi connectivity index (χ4v) is 8.91. The summed E-state index contributed by atoms with van der Waals surface area (Å²) in [5.41, 5.74) is -12.0. The molecule has 6 aromatic rings. The molecule has 0 aliphatic heterocycles. The SMILES string of the molecule is Fc1c(F)c(F)c([B-](c2c(F)c(F)c(F)c(F)c2F)(c2c(F)c(F)c(F)c(F)c2F)c2c(F)c(F)c(F)c(F)c2F)c(F)c1F.O=C(c1ccccc1)c1ccccc1C[S+](CCO)CCO. The third kappa shape index (κ3) is 8.83. The van der Waals surface area contributed by atoms with Crippen LogP contribution in [-0.2, 0) is 16.6 Å². The van der Waals surface area contributed by atoms with Gasteiger partial charge in [-0.15, -0.1) is 21.9 Å². The van der Waals surface area contributed by atoms with Crippen LogP contribution in [0.25, 0.3) is 0 Å². The summed E-state index contributed by atoms with van der Waals surface area (Å²) in [6.45, 7) is 0.218. The van der Waals surface area contributed by atoms with Crippen molar-refractivity contribution in [2.24, 2.45) is 0 Å². The molecule has 6 aromatic carbocycles. The molecule has 0 amide bonds. The molecule has 0 saturated carbocycles. The molecule has 0 bridgehead atoms. The lowest BCUT2D eigenvalue weighted by Crippen LogP contribution is -2.81. The van der Waals surface area contributed by atoms with Crippen LogP contribution in [0.5, 0.6) is 0 Å². The minimum Gasteiger partial charge on any atom is -0.391 e. The highest BCUT2D eigenvalue weighted by atomic mass is 32.2. The average molecular weight is 996 g/mol. The Morgan fingerprint density at radius 3 is 0.910 bits per heavy atom. The number of rotatable bonds is 12. The quantitative estimate of drug-likeness (QED) is 0.0328. The monoisotopic (exact) mass is 996 g/mol. The Morgan fingerprint density at radius 2 is 0.627 bits per heavy atom. The summed E-state index contributed by atoms with van der Waals surface area (Å²) in [6.07, 6.45) is -7.22. The minimum absolute atomic E-state index is 0.0211. The number of halogens is 20. The molecule has 0 saturated heterocycles. The molecule has 3 nitrogen and oxygen atoms in total. The smallest absolute Gasteiger partial charge is 0.200 e. The van der Waals surface area contributed by atoms with Crippen LogP contribution >= 0.6 is 0 Å². The van der Waals surface area contributed by atoms with Gasteiger partial charge in [-0.2, -0.15) is 0 Å². The highest BCUT2D eigenvalue weighted by Gasteiger charge is 2.52. The van der Waals surface area contributed by atoms with Gasteiger partial charge in [0.15, 0.2) is 75.6 Å². The lowest BCUT2D eigenvalue weighted by atomic mass is 9.12. The number of aliphatic hydroxyl groups is 2. The summed E-state index contributed by atoms with van der Waals surface area (Å²) in [5, 5.41) is 18.3. The molecule has 0 spiro atoms. The summed E-state index contributed by atoms with van der Waals surface area (Å²) in [6, 6.07) is 16.9. The van der Waals surface area contributed by atoms with Gasteiger partial charge in [0.05, 0.1) is 13.2 Å². The Kier molecular flexibility index (Phi) is 15.8. The van der Waals surface area contributed by atoms with E-state index in [4.69, 9.17) is 10.2 Å². The maximum absolute atomic E-state index is 15.4. The second-order valence-corrected chi connectivity index (χ2v) is 16.1. The zero-order valence-electron chi connectivity index (χ0n) is 32.6. The predicted molar refractivity (Wildman–Crippen MR) is 201 cm³/mol. The Labute approximate surface area is 365 Å². The van der Waals surface area contributed by atoms with Gasteiger partial charge in [0.25, 0.3) is 0 Å². The van der Waals surface area contributed by atoms with Crippen molar-refractivity contribution < 1.29 is 103 Å². The van der Waals surface area contributed by atoms with Crippen molar-refractivity contribution in [1.29, 1.82) is 0 Å². The number of aliphatic hydroxyl groups excluding tert-OH is 2. The molecule has 0 aliphatic carbocycles. The van der Waals surface area contributed by atoms with Gasteiger partial charge in [-0.3, -0.25) is 4.79 Å². The van der Waals surface area contributed by atoms with Crippen LogP contribution in [0.3, 0.4) is 0 Å². The van der Waals surface area contributed by atoms with E-state index in [1.165, 1.54) is 0 Å². The minimum atomic E-state index is -7.22. The molecule has 0 unspecified atom stereocenters. The van der Waals surface area contributed by atoms with Gasteiger partial charge in [0, 0.05) is 16.7 Å². The maximum Gasteiger partial charge on any atom is 0.200 e. The summed E-state index contributed by atoms with van der Waals surface area (Å²) in [7, 11) is -0.111. The summed E-state index contributed by atoms with van der Waals surface area (Å²) in [4.78, 5) is 12.7. The number of carbonyl (C=O) groups is 1. The first-order chi connectivity index (χ1) is 31.5. The fourth-order valence-electron chi connectivity index (χ4n) is 7.21. The van der Waals surface area contributed by atoms with E-state index in [1.807, 2.05) is 54.6 Å². The summed E-state index contributed by atoms with van der Waals surface area (Å²) < 4.78 is 294. The zero-order chi connectivity index (χ0) is 50.1. The van der Waals surface area contributed by atoms with E-state index in [2.05, 4.69) is 0 Å². The molecule has 67 heavy (non-hydrogen) atoms. The number of carbonyl (C=O) groups excluding carboxylic acids is 1. The number of hydrogen-bond acceptors (Lipinski definition) is 3. The first kappa shape index (κ1) is 51.9. The van der Waals surface area contributed by atoms with Crippen LogP contribution in [0.4, 0.5) is 87.8 Å². The standard InChI is InChI=1S/C24BF20.C18H21O3S/c26-5-1(6(27)14(35)21(42)13(5)34)25(2-7(28)15(36)22(43)16(37)8(2)29,3-9(30)17(38)23(44)18(39)10(3)31)4-11(32)19(40)24(45)20(41)12(4)33;19-10-12-22(13-11-20)14-16-8-4-5-9-17(16)18(21)15-6-2-1-3-7-15/h;1-9,19-20H,10-14H2/q-1;+1. The molecule has 6 rings (SSSR count). The van der Waals surface area contributed by atoms with Crippen molar-refractivity contribution in [2.45, 2.75) is 5.75 Å². The molecular formula is C42H21BF20O3S. The van der Waals surface area contributed by atoms with E-state index >= 15 is 35.1 Å². The number of benzene rings is 6. The Bertz CT molecular complexity index is 2510. The van der Waals surface area contributed by atoms with Gasteiger partial charge in [-0.25, -0.2) is 87.8 Å². The first-order valence-corrected chi connectivity index (χ1v) is 20.0. The van der Waals surface area contributed by atoms with E-state index in [9.17, 15) is 57.5 Å². The fraction of sp³-hybridized carbons (Fsp3) is 0.119. The molecule has 0 heterocycles. The average Bonchev–Trinajstić information content (AvgIpc) is 3.32. The number of ketones is 1. The second kappa shape index (κ2) is 20.4. The molecule has 25 heteroatoms. The number of hydrogen-bond donors (Lipinski definition) is 2. The van der Waals surface area contributed by atoms with Gasteiger partial charge < -0.3 is 10.2 Å². The molecule has 2 N–H and O–H groups in total. The van der Waals surface area contributed by atoms with Crippen LogP contribution in [0.15, 0.2) is 54.6 Å². The molecule has 0 fully saturated rings. The maximum atomic E-state index is 15.4. The van der Waals surface area contributed by atoms with Crippen LogP contribution in [0.2, 0.25) is 0 Å². The third-order valence-electron chi connectivity index (χ3n) is 10.1. The summed E-state index contributed by atoms with van der Waals surface area (Å²) >= 11 is 0. The largest absolute Gasteiger partial charge is 0.391 e. The van der Waals surface area contributed by atoms with E-state index in [0.29, 0.717) is 22.6 Å². The zero-order valence-corrected chi connectivity index (χ0v) is 33.4. The van der Waals surface area contributed by atoms with E-state index < -0.39 is 144 Å². The molecule has 0 atom stereocenters. The molecule has 0 aromatic heterocycles. The Hall–Kier alpha value is -6.08. The van der Waals surface area contributed by atoms with Crippen molar-refractivity contribution in [3.05, 3.63) is 188 Å². The molecule has 0 aliphatic rings. The van der Waals surface area contributed by atoms with Gasteiger partial charge in [-0.05, 0) is 10.9 Å². The van der Waals surface area contributed by atoms with E-state index in [-0.39, 0.29) is 29.9 Å². The van der Waals surface area contributed by atoms with Crippen molar-refractivity contribution in [1.82, 2.24) is 0 Å². The normalized spacial score (nSPS) is 11.6. The summed E-state index contributed by atoms with van der Waals surface area (Å²) in [5.74, 6) is -69.3. The third-order valence-corrected chi connectivity index (χ3v) is 12.4.